The molecule has 1 amide bonds. The quantitative estimate of drug-likeness (QED) is 0.854. The molecule has 0 spiro atoms. The lowest BCUT2D eigenvalue weighted by Gasteiger charge is -2.21. The third-order valence-electron chi connectivity index (χ3n) is 3.68. The Labute approximate surface area is 118 Å². The number of hydrogen-bond donors (Lipinski definition) is 1. The number of benzene rings is 1. The summed E-state index contributed by atoms with van der Waals surface area (Å²) < 4.78 is 0. The number of para-hydroxylation sites is 1. The minimum atomic E-state index is -0.873. The number of carbonyl (C=O) groups excluding carboxylic acids is 1. The predicted molar refractivity (Wildman–Crippen MR) is 76.7 cm³/mol. The Bertz CT molecular complexity index is 475. The molecule has 1 heterocycles. The molecule has 0 aromatic heterocycles. The third kappa shape index (κ3) is 3.50. The topological polar surface area (TPSA) is 60.9 Å². The molecule has 1 aliphatic heterocycles. The minimum absolute atomic E-state index is 0.0419. The number of aliphatic carboxylic acids is 1. The van der Waals surface area contributed by atoms with Gasteiger partial charge in [-0.3, -0.25) is 9.59 Å². The number of likely N-dealkylation sites (tertiary alicyclic amines) is 1. The monoisotopic (exact) mass is 276 g/mol. The molecule has 0 aliphatic carbocycles. The highest BCUT2D eigenvalue weighted by Crippen LogP contribution is 2.18. The van der Waals surface area contributed by atoms with Crippen LogP contribution < -0.4 is 4.90 Å². The molecule has 0 bridgehead atoms. The largest absolute Gasteiger partial charge is 0.481 e. The van der Waals surface area contributed by atoms with Gasteiger partial charge < -0.3 is 14.9 Å². The Kier molecular flexibility index (Phi) is 4.61. The second-order valence-electron chi connectivity index (χ2n) is 5.19. The number of amides is 1. The second kappa shape index (κ2) is 6.41. The normalized spacial score (nSPS) is 18.4. The molecule has 2 rings (SSSR count). The first-order valence-corrected chi connectivity index (χ1v) is 6.84. The fraction of sp³-hybridized carbons (Fsp3) is 0.467. The first kappa shape index (κ1) is 14.4. The van der Waals surface area contributed by atoms with Crippen molar-refractivity contribution >= 4 is 17.6 Å². The van der Waals surface area contributed by atoms with Crippen molar-refractivity contribution in [2.75, 3.05) is 31.6 Å². The summed E-state index contributed by atoms with van der Waals surface area (Å²) in [6.07, 6.45) is 0.979. The fourth-order valence-electron chi connectivity index (χ4n) is 2.46. The number of nitrogens with zero attached hydrogens (tertiary/aromatic N) is 2. The molecule has 1 N–H and O–H groups in total. The van der Waals surface area contributed by atoms with Crippen molar-refractivity contribution in [2.45, 2.75) is 12.8 Å². The van der Waals surface area contributed by atoms with Gasteiger partial charge in [0.15, 0.2) is 0 Å². The molecule has 0 radical (unpaired) electrons. The molecule has 5 nitrogen and oxygen atoms in total. The van der Waals surface area contributed by atoms with Gasteiger partial charge in [0.2, 0.25) is 5.91 Å². The van der Waals surface area contributed by atoms with E-state index in [9.17, 15) is 9.59 Å². The molecule has 1 aromatic rings. The number of carbonyl (C=O) groups is 2. The maximum Gasteiger partial charge on any atom is 0.308 e. The Morgan fingerprint density at radius 1 is 1.40 bits per heavy atom. The van der Waals surface area contributed by atoms with Crippen LogP contribution in [0.25, 0.3) is 0 Å². The van der Waals surface area contributed by atoms with E-state index in [1.54, 1.807) is 4.90 Å². The molecule has 5 heteroatoms. The van der Waals surface area contributed by atoms with E-state index in [1.807, 2.05) is 37.4 Å². The Balaban J connectivity index is 1.76. The molecule has 1 aliphatic rings. The maximum absolute atomic E-state index is 11.7. The predicted octanol–water partition coefficient (Wildman–Crippen LogP) is 1.45. The van der Waals surface area contributed by atoms with Gasteiger partial charge in [-0.1, -0.05) is 18.2 Å². The van der Waals surface area contributed by atoms with Gasteiger partial charge in [-0.25, -0.2) is 0 Å². The van der Waals surface area contributed by atoms with Gasteiger partial charge in [0.1, 0.15) is 0 Å². The minimum Gasteiger partial charge on any atom is -0.481 e. The molecular formula is C15H20N2O3. The Morgan fingerprint density at radius 2 is 2.10 bits per heavy atom. The van der Waals surface area contributed by atoms with Crippen LogP contribution in [0, 0.1) is 5.92 Å². The highest BCUT2D eigenvalue weighted by molar-refractivity contribution is 5.86. The molecule has 1 saturated heterocycles. The summed E-state index contributed by atoms with van der Waals surface area (Å²) >= 11 is 0. The van der Waals surface area contributed by atoms with Crippen LogP contribution in [0.2, 0.25) is 0 Å². The molecule has 1 fully saturated rings. The van der Waals surface area contributed by atoms with Crippen molar-refractivity contribution in [3.63, 3.8) is 0 Å². The molecule has 1 aromatic carbocycles. The summed E-state index contributed by atoms with van der Waals surface area (Å²) in [6, 6.07) is 10.1. The summed E-state index contributed by atoms with van der Waals surface area (Å²) in [7, 11) is 2.02. The van der Waals surface area contributed by atoms with Crippen LogP contribution in [0.5, 0.6) is 0 Å². The van der Waals surface area contributed by atoms with Crippen molar-refractivity contribution in [1.29, 1.82) is 0 Å². The van der Waals surface area contributed by atoms with E-state index in [0.717, 1.165) is 18.7 Å². The van der Waals surface area contributed by atoms with E-state index in [0.29, 0.717) is 13.1 Å². The summed E-state index contributed by atoms with van der Waals surface area (Å²) in [4.78, 5) is 26.4. The molecule has 0 saturated carbocycles. The van der Waals surface area contributed by atoms with Gasteiger partial charge in [0, 0.05) is 38.8 Å². The first-order valence-electron chi connectivity index (χ1n) is 6.84. The summed E-state index contributed by atoms with van der Waals surface area (Å²) in [6.45, 7) is 1.81. The van der Waals surface area contributed by atoms with E-state index < -0.39 is 11.9 Å². The van der Waals surface area contributed by atoms with Crippen LogP contribution >= 0.6 is 0 Å². The van der Waals surface area contributed by atoms with Crippen molar-refractivity contribution in [2.24, 2.45) is 5.92 Å². The zero-order valence-corrected chi connectivity index (χ0v) is 11.7. The molecule has 1 atom stereocenters. The van der Waals surface area contributed by atoms with Crippen LogP contribution in [-0.2, 0) is 9.59 Å². The molecule has 1 unspecified atom stereocenters. The lowest BCUT2D eigenvalue weighted by Crippen LogP contribution is -2.30. The van der Waals surface area contributed by atoms with E-state index in [1.165, 1.54) is 0 Å². The number of carboxylic acids is 1. The van der Waals surface area contributed by atoms with Gasteiger partial charge in [-0.05, 0) is 18.6 Å². The van der Waals surface area contributed by atoms with E-state index in [4.69, 9.17) is 5.11 Å². The smallest absolute Gasteiger partial charge is 0.308 e. The van der Waals surface area contributed by atoms with E-state index >= 15 is 0 Å². The van der Waals surface area contributed by atoms with Crippen molar-refractivity contribution in [3.8, 4) is 0 Å². The van der Waals surface area contributed by atoms with E-state index in [-0.39, 0.29) is 12.3 Å². The van der Waals surface area contributed by atoms with Gasteiger partial charge in [-0.15, -0.1) is 0 Å². The SMILES string of the molecule is CN(CCCN1CC(C(=O)O)CC1=O)c1ccccc1. The summed E-state index contributed by atoms with van der Waals surface area (Å²) in [5.74, 6) is -1.45. The van der Waals surface area contributed by atoms with Gasteiger partial charge in [-0.2, -0.15) is 0 Å². The second-order valence-corrected chi connectivity index (χ2v) is 5.19. The van der Waals surface area contributed by atoms with Crippen LogP contribution in [0.3, 0.4) is 0 Å². The van der Waals surface area contributed by atoms with Crippen LogP contribution in [0.4, 0.5) is 5.69 Å². The summed E-state index contributed by atoms with van der Waals surface area (Å²) in [5, 5.41) is 8.92. The zero-order chi connectivity index (χ0) is 14.5. The Morgan fingerprint density at radius 3 is 2.70 bits per heavy atom. The lowest BCUT2D eigenvalue weighted by atomic mass is 10.1. The molecule has 20 heavy (non-hydrogen) atoms. The maximum atomic E-state index is 11.7. The van der Waals surface area contributed by atoms with Crippen molar-refractivity contribution < 1.29 is 14.7 Å². The van der Waals surface area contributed by atoms with Gasteiger partial charge in [0.25, 0.3) is 0 Å². The van der Waals surface area contributed by atoms with Crippen molar-refractivity contribution in [3.05, 3.63) is 30.3 Å². The standard InChI is InChI=1S/C15H20N2O3/c1-16(13-6-3-2-4-7-13)8-5-9-17-11-12(15(19)20)10-14(17)18/h2-4,6-7,12H,5,8-11H2,1H3,(H,19,20). The number of hydrogen-bond acceptors (Lipinski definition) is 3. The Hall–Kier alpha value is -2.04. The number of rotatable bonds is 6. The van der Waals surface area contributed by atoms with Crippen LogP contribution in [0.1, 0.15) is 12.8 Å². The average molecular weight is 276 g/mol. The molecule has 108 valence electrons. The highest BCUT2D eigenvalue weighted by Gasteiger charge is 2.33. The first-order chi connectivity index (χ1) is 9.58. The van der Waals surface area contributed by atoms with Crippen molar-refractivity contribution in [1.82, 2.24) is 4.90 Å². The lowest BCUT2D eigenvalue weighted by molar-refractivity contribution is -0.141. The number of carboxylic acid groups (broad SMARTS) is 1. The third-order valence-corrected chi connectivity index (χ3v) is 3.68. The van der Waals surface area contributed by atoms with Crippen LogP contribution in [-0.4, -0.2) is 48.6 Å². The van der Waals surface area contributed by atoms with Crippen LogP contribution in [0.15, 0.2) is 30.3 Å². The number of anilines is 1. The zero-order valence-electron chi connectivity index (χ0n) is 11.7. The molecular weight excluding hydrogens is 256 g/mol. The summed E-state index contributed by atoms with van der Waals surface area (Å²) in [5.41, 5.74) is 1.14. The average Bonchev–Trinajstić information content (AvgIpc) is 2.81. The highest BCUT2D eigenvalue weighted by atomic mass is 16.4. The van der Waals surface area contributed by atoms with Gasteiger partial charge >= 0.3 is 5.97 Å². The van der Waals surface area contributed by atoms with Gasteiger partial charge in [0.05, 0.1) is 5.92 Å². The van der Waals surface area contributed by atoms with E-state index in [2.05, 4.69) is 4.90 Å². The fourth-order valence-corrected chi connectivity index (χ4v) is 2.46.